The summed E-state index contributed by atoms with van der Waals surface area (Å²) in [5, 5.41) is 2.95. The lowest BCUT2D eigenvalue weighted by Crippen LogP contribution is -2.58. The van der Waals surface area contributed by atoms with Crippen molar-refractivity contribution in [3.8, 4) is 37.0 Å². The summed E-state index contributed by atoms with van der Waals surface area (Å²) in [7, 11) is 0. The van der Waals surface area contributed by atoms with Gasteiger partial charge in [0.15, 0.2) is 0 Å². The topological polar surface area (TPSA) is 83.1 Å². The Balaban J connectivity index is 2.39. The predicted octanol–water partition coefficient (Wildman–Crippen LogP) is 2.87. The molecule has 0 saturated heterocycles. The van der Waals surface area contributed by atoms with Crippen molar-refractivity contribution in [2.75, 3.05) is 39.6 Å². The van der Waals surface area contributed by atoms with Crippen LogP contribution in [0.2, 0.25) is 0 Å². The number of benzene rings is 1. The summed E-state index contributed by atoms with van der Waals surface area (Å²) in [5.41, 5.74) is -0.00792. The summed E-state index contributed by atoms with van der Waals surface area (Å²) in [6.07, 6.45) is 19.5. The number of nitrogens with one attached hydrogen (secondary N) is 1. The van der Waals surface area contributed by atoms with Crippen molar-refractivity contribution in [1.29, 1.82) is 0 Å². The highest BCUT2D eigenvalue weighted by molar-refractivity contribution is 5.76. The molecule has 0 aliphatic rings. The van der Waals surface area contributed by atoms with Crippen molar-refractivity contribution < 1.29 is 28.5 Å². The van der Waals surface area contributed by atoms with Crippen LogP contribution in [0.3, 0.4) is 0 Å². The molecule has 0 saturated carbocycles. The van der Waals surface area contributed by atoms with E-state index in [0.29, 0.717) is 25.7 Å². The zero-order valence-corrected chi connectivity index (χ0v) is 20.3. The molecule has 0 heterocycles. The van der Waals surface area contributed by atoms with Gasteiger partial charge in [-0.05, 0) is 18.4 Å². The maximum absolute atomic E-state index is 12.6. The van der Waals surface area contributed by atoms with Gasteiger partial charge in [0, 0.05) is 12.8 Å². The van der Waals surface area contributed by atoms with Gasteiger partial charge in [-0.25, -0.2) is 0 Å². The Morgan fingerprint density at radius 2 is 1.29 bits per heavy atom. The molecule has 1 aromatic rings. The van der Waals surface area contributed by atoms with Gasteiger partial charge in [0.25, 0.3) is 0 Å². The number of unbranched alkanes of at least 4 members (excludes halogenated alkanes) is 3. The lowest BCUT2D eigenvalue weighted by molar-refractivity contribution is -0.145. The number of carbonyl (C=O) groups excluding carboxylic acids is 2. The minimum atomic E-state index is -0.968. The van der Waals surface area contributed by atoms with Crippen molar-refractivity contribution in [3.05, 3.63) is 35.9 Å². The van der Waals surface area contributed by atoms with Crippen molar-refractivity contribution in [2.45, 2.75) is 50.7 Å². The van der Waals surface area contributed by atoms with Crippen molar-refractivity contribution in [3.63, 3.8) is 0 Å². The van der Waals surface area contributed by atoms with Crippen molar-refractivity contribution in [1.82, 2.24) is 5.32 Å². The van der Waals surface area contributed by atoms with Gasteiger partial charge < -0.3 is 24.3 Å². The molecule has 0 aliphatic heterocycles. The molecule has 0 aliphatic carbocycles. The first-order valence-corrected chi connectivity index (χ1v) is 11.6. The molecule has 1 N–H and O–H groups in total. The summed E-state index contributed by atoms with van der Waals surface area (Å²) >= 11 is 0. The Hall–Kier alpha value is -3.28. The van der Waals surface area contributed by atoms with Gasteiger partial charge in [0.2, 0.25) is 5.91 Å². The van der Waals surface area contributed by atoms with Crippen molar-refractivity contribution >= 4 is 11.9 Å². The van der Waals surface area contributed by atoms with Crippen LogP contribution in [0.4, 0.5) is 0 Å². The Labute approximate surface area is 209 Å². The molecule has 0 radical (unpaired) electrons. The van der Waals surface area contributed by atoms with Gasteiger partial charge >= 0.3 is 5.97 Å². The normalized spacial score (nSPS) is 10.5. The van der Waals surface area contributed by atoms with E-state index in [1.807, 2.05) is 30.3 Å². The number of rotatable bonds is 19. The summed E-state index contributed by atoms with van der Waals surface area (Å²) in [6, 6.07) is 9.55. The van der Waals surface area contributed by atoms with E-state index < -0.39 is 5.54 Å². The molecular weight excluding hydrogens is 446 g/mol. The van der Waals surface area contributed by atoms with Crippen LogP contribution in [-0.2, 0) is 35.1 Å². The maximum atomic E-state index is 12.6. The van der Waals surface area contributed by atoms with E-state index in [9.17, 15) is 9.59 Å². The predicted molar refractivity (Wildman–Crippen MR) is 134 cm³/mol. The highest BCUT2D eigenvalue weighted by atomic mass is 16.5. The van der Waals surface area contributed by atoms with E-state index in [1.54, 1.807) is 0 Å². The fourth-order valence-corrected chi connectivity index (χ4v) is 3.23. The molecule has 1 rings (SSSR count). The van der Waals surface area contributed by atoms with E-state index in [1.165, 1.54) is 0 Å². The SMILES string of the molecule is C#CCOCC(COCC#C)(COCC#C)NC(=O)CCCCCCC(=O)OCc1ccccc1. The standard InChI is InChI=1S/C28H35NO6/c1-4-18-32-22-28(23-33-19-5-2,24-34-20-6-3)29-26(30)16-12-7-8-13-17-27(31)35-21-25-14-10-9-11-15-25/h1-3,9-11,14-15H,7-8,12-13,16-24H2,(H,29,30). The lowest BCUT2D eigenvalue weighted by atomic mass is 10.0. The molecule has 0 fully saturated rings. The molecular formula is C28H35NO6. The molecule has 0 bridgehead atoms. The van der Waals surface area contributed by atoms with Crippen LogP contribution < -0.4 is 5.32 Å². The number of hydrogen-bond donors (Lipinski definition) is 1. The molecule has 188 valence electrons. The largest absolute Gasteiger partial charge is 0.461 e. The zero-order chi connectivity index (χ0) is 25.6. The van der Waals surface area contributed by atoms with Crippen LogP contribution >= 0.6 is 0 Å². The Morgan fingerprint density at radius 1 is 0.771 bits per heavy atom. The van der Waals surface area contributed by atoms with E-state index in [4.69, 9.17) is 38.2 Å². The minimum absolute atomic E-state index is 0.0790. The van der Waals surface area contributed by atoms with E-state index in [2.05, 4.69) is 23.1 Å². The maximum Gasteiger partial charge on any atom is 0.306 e. The molecule has 0 atom stereocenters. The first-order chi connectivity index (χ1) is 17.0. The van der Waals surface area contributed by atoms with Crippen LogP contribution in [0.25, 0.3) is 0 Å². The first kappa shape index (κ1) is 29.8. The van der Waals surface area contributed by atoms with Crippen molar-refractivity contribution in [2.24, 2.45) is 0 Å². The second-order valence-corrected chi connectivity index (χ2v) is 7.98. The molecule has 7 heteroatoms. The monoisotopic (exact) mass is 481 g/mol. The lowest BCUT2D eigenvalue weighted by Gasteiger charge is -2.33. The third-order valence-corrected chi connectivity index (χ3v) is 4.87. The average Bonchev–Trinajstić information content (AvgIpc) is 2.86. The van der Waals surface area contributed by atoms with E-state index in [0.717, 1.165) is 18.4 Å². The number of esters is 1. The summed E-state index contributed by atoms with van der Waals surface area (Å²) in [6.45, 7) is 0.777. The fourth-order valence-electron chi connectivity index (χ4n) is 3.23. The highest BCUT2D eigenvalue weighted by Gasteiger charge is 2.33. The second kappa shape index (κ2) is 19.1. The summed E-state index contributed by atoms with van der Waals surface area (Å²) < 4.78 is 21.7. The van der Waals surface area contributed by atoms with Crippen LogP contribution in [0.15, 0.2) is 30.3 Å². The second-order valence-electron chi connectivity index (χ2n) is 7.98. The zero-order valence-electron chi connectivity index (χ0n) is 20.3. The number of carbonyl (C=O) groups is 2. The van der Waals surface area contributed by atoms with E-state index >= 15 is 0 Å². The van der Waals surface area contributed by atoms with E-state index in [-0.39, 0.29) is 58.1 Å². The molecule has 1 aromatic carbocycles. The molecule has 7 nitrogen and oxygen atoms in total. The van der Waals surface area contributed by atoms with Gasteiger partial charge in [-0.15, -0.1) is 19.3 Å². The Morgan fingerprint density at radius 3 is 1.80 bits per heavy atom. The van der Waals surface area contributed by atoms with Crippen LogP contribution in [0.1, 0.15) is 44.1 Å². The summed E-state index contributed by atoms with van der Waals surface area (Å²) in [5.74, 6) is 6.78. The smallest absolute Gasteiger partial charge is 0.306 e. The third-order valence-electron chi connectivity index (χ3n) is 4.87. The first-order valence-electron chi connectivity index (χ1n) is 11.6. The molecule has 1 amide bonds. The number of terminal acetylenes is 3. The molecule has 35 heavy (non-hydrogen) atoms. The summed E-state index contributed by atoms with van der Waals surface area (Å²) in [4.78, 5) is 24.5. The van der Waals surface area contributed by atoms with Gasteiger partial charge in [-0.3, -0.25) is 9.59 Å². The fraction of sp³-hybridized carbons (Fsp3) is 0.500. The average molecular weight is 482 g/mol. The van der Waals surface area contributed by atoms with Gasteiger partial charge in [0.05, 0.1) is 19.8 Å². The van der Waals surface area contributed by atoms with Gasteiger partial charge in [0.1, 0.15) is 32.0 Å². The van der Waals surface area contributed by atoms with Crippen LogP contribution in [-0.4, -0.2) is 57.1 Å². The quantitative estimate of drug-likeness (QED) is 0.186. The van der Waals surface area contributed by atoms with Gasteiger partial charge in [-0.2, -0.15) is 0 Å². The highest BCUT2D eigenvalue weighted by Crippen LogP contribution is 2.12. The van der Waals surface area contributed by atoms with Crippen LogP contribution in [0.5, 0.6) is 0 Å². The molecule has 0 spiro atoms. The van der Waals surface area contributed by atoms with Gasteiger partial charge in [-0.1, -0.05) is 60.9 Å². The minimum Gasteiger partial charge on any atom is -0.461 e. The molecule has 0 unspecified atom stereocenters. The third kappa shape index (κ3) is 14.6. The number of hydrogen-bond acceptors (Lipinski definition) is 6. The Bertz CT molecular complexity index is 812. The number of amides is 1. The number of ether oxygens (including phenoxy) is 4. The van der Waals surface area contributed by atoms with Crippen LogP contribution in [0, 0.1) is 37.0 Å². The Kier molecular flexibility index (Phi) is 16.2. The molecule has 0 aromatic heterocycles.